The van der Waals surface area contributed by atoms with Gasteiger partial charge in [0.25, 0.3) is 0 Å². The maximum Gasteiger partial charge on any atom is 0.337 e. The average Bonchev–Trinajstić information content (AvgIpc) is 4.07. The first-order valence-corrected chi connectivity index (χ1v) is 26.4. The highest BCUT2D eigenvalue weighted by Crippen LogP contribution is 2.47. The van der Waals surface area contributed by atoms with Gasteiger partial charge in [0.05, 0.1) is 41.9 Å². The number of H-pyrrole nitrogens is 1. The number of nitrogens with zero attached hydrogens (tertiary/aromatic N) is 2. The molecular weight excluding hydrogens is 1040 g/mol. The molecule has 8 rings (SSSR count). The first-order valence-electron chi connectivity index (χ1n) is 26.4. The lowest BCUT2D eigenvalue weighted by Gasteiger charge is -2.59. The molecular formula is C56H69N7O17. The summed E-state index contributed by atoms with van der Waals surface area (Å²) in [4.78, 5) is 66.6. The minimum absolute atomic E-state index is 0.0146. The summed E-state index contributed by atoms with van der Waals surface area (Å²) < 4.78 is 26.3. The van der Waals surface area contributed by atoms with Gasteiger partial charge >= 0.3 is 11.9 Å². The molecule has 24 nitrogen and oxygen atoms in total. The second-order valence-electron chi connectivity index (χ2n) is 20.3. The number of hydrogen-bond donors (Lipinski definition) is 13. The number of phenolic OH excluding ortho intramolecular Hbond substituents is 1. The number of fused-ring (bicyclic) bond motifs is 2. The van der Waals surface area contributed by atoms with Crippen LogP contribution in [0.5, 0.6) is 11.5 Å². The molecule has 4 heterocycles. The van der Waals surface area contributed by atoms with E-state index in [4.69, 9.17) is 29.2 Å². The van der Waals surface area contributed by atoms with Gasteiger partial charge in [0.1, 0.15) is 41.9 Å². The van der Waals surface area contributed by atoms with Gasteiger partial charge in [-0.1, -0.05) is 48.6 Å². The Labute approximate surface area is 458 Å². The monoisotopic (exact) mass is 1110 g/mol. The number of nitrogens with two attached hydrogens (primary N) is 1. The number of hydrogen-bond acceptors (Lipinski definition) is 19. The average molecular weight is 1110 g/mol. The zero-order chi connectivity index (χ0) is 57.4. The van der Waals surface area contributed by atoms with E-state index in [9.17, 15) is 60.0 Å². The van der Waals surface area contributed by atoms with E-state index in [1.807, 2.05) is 32.0 Å². The van der Waals surface area contributed by atoms with Crippen LogP contribution in [0.15, 0.2) is 99.6 Å². The zero-order valence-corrected chi connectivity index (χ0v) is 44.2. The van der Waals surface area contributed by atoms with Crippen LogP contribution in [0.1, 0.15) is 62.5 Å². The normalized spacial score (nSPS) is 22.4. The molecule has 3 aromatic carbocycles. The third-order valence-electron chi connectivity index (χ3n) is 14.7. The number of aromatic nitrogens is 2. The first-order chi connectivity index (χ1) is 38.4. The molecule has 2 aliphatic rings. The fourth-order valence-electron chi connectivity index (χ4n) is 10.7. The largest absolute Gasteiger partial charge is 0.508 e. The number of phenols is 1. The lowest BCUT2D eigenvalue weighted by Crippen LogP contribution is -2.86. The Bertz CT molecular complexity index is 3190. The van der Waals surface area contributed by atoms with E-state index >= 15 is 0 Å². The number of carboxylic acid groups (broad SMARTS) is 1. The molecule has 80 heavy (non-hydrogen) atoms. The molecule has 430 valence electrons. The number of aliphatic hydroxyl groups is 6. The molecule has 6 aromatic rings. The van der Waals surface area contributed by atoms with E-state index in [0.717, 1.165) is 43.2 Å². The summed E-state index contributed by atoms with van der Waals surface area (Å²) in [6.07, 6.45) is -0.340. The van der Waals surface area contributed by atoms with E-state index in [1.165, 1.54) is 59.7 Å². The number of aryl methyl sites for hydroxylation is 2. The van der Waals surface area contributed by atoms with Gasteiger partial charge in [-0.15, -0.1) is 0 Å². The number of aromatic hydroxyl groups is 1. The summed E-state index contributed by atoms with van der Waals surface area (Å²) in [7, 11) is 0. The van der Waals surface area contributed by atoms with E-state index in [-0.39, 0.29) is 60.0 Å². The molecule has 8 atom stereocenters. The topological polar surface area (TPSA) is 375 Å². The number of aliphatic hydroxyl groups excluding tert-OH is 4. The number of carbonyl (C=O) groups excluding carboxylic acids is 2. The van der Waals surface area contributed by atoms with Crippen LogP contribution < -0.4 is 36.7 Å². The summed E-state index contributed by atoms with van der Waals surface area (Å²) >= 11 is 0. The number of aldehydes is 1. The van der Waals surface area contributed by atoms with Crippen molar-refractivity contribution in [2.75, 3.05) is 39.5 Å². The van der Waals surface area contributed by atoms with Crippen LogP contribution in [-0.2, 0) is 23.9 Å². The molecule has 24 heteroatoms. The number of rotatable bonds is 25. The fourth-order valence-corrected chi connectivity index (χ4v) is 10.7. The smallest absolute Gasteiger partial charge is 0.337 e. The van der Waals surface area contributed by atoms with Crippen molar-refractivity contribution in [1.29, 1.82) is 0 Å². The van der Waals surface area contributed by atoms with Crippen molar-refractivity contribution in [1.82, 2.24) is 25.7 Å². The number of carboxylic acids is 1. The summed E-state index contributed by atoms with van der Waals surface area (Å²) in [5.41, 5.74) is -0.0774. The van der Waals surface area contributed by atoms with Gasteiger partial charge in [0, 0.05) is 55.4 Å². The van der Waals surface area contributed by atoms with Crippen LogP contribution in [0.3, 0.4) is 0 Å². The highest BCUT2D eigenvalue weighted by Gasteiger charge is 2.75. The van der Waals surface area contributed by atoms with Crippen LogP contribution in [0, 0.1) is 13.8 Å². The second-order valence-corrected chi connectivity index (χ2v) is 20.3. The van der Waals surface area contributed by atoms with Crippen LogP contribution >= 0.6 is 0 Å². The van der Waals surface area contributed by atoms with Crippen molar-refractivity contribution < 1.29 is 78.7 Å². The second kappa shape index (κ2) is 25.4. The lowest BCUT2D eigenvalue weighted by atomic mass is 9.66. The molecule has 3 aromatic heterocycles. The van der Waals surface area contributed by atoms with Gasteiger partial charge in [-0.25, -0.2) is 9.59 Å². The Morgan fingerprint density at radius 2 is 1.74 bits per heavy atom. The number of guanidine groups is 1. The van der Waals surface area contributed by atoms with Crippen molar-refractivity contribution in [3.8, 4) is 33.9 Å². The molecule has 2 fully saturated rings. The minimum Gasteiger partial charge on any atom is -0.508 e. The fraction of sp³-hybridized carbons (Fsp3) is 0.446. The van der Waals surface area contributed by atoms with E-state index in [2.05, 4.69) is 25.9 Å². The van der Waals surface area contributed by atoms with Crippen LogP contribution in [0.2, 0.25) is 0 Å². The van der Waals surface area contributed by atoms with E-state index < -0.39 is 97.1 Å². The molecule has 1 aliphatic carbocycles. The third-order valence-corrected chi connectivity index (χ3v) is 14.7. The van der Waals surface area contributed by atoms with Gasteiger partial charge in [-0.2, -0.15) is 4.73 Å². The molecule has 1 saturated carbocycles. The van der Waals surface area contributed by atoms with Gasteiger partial charge in [0.15, 0.2) is 28.7 Å². The maximum absolute atomic E-state index is 14.3. The summed E-state index contributed by atoms with van der Waals surface area (Å²) in [5.74, 6) is -4.27. The SMILES string of the molecule is Cc1cc(C)cc(-c2c3[nH]ccc3cn2O[C@@H]2[C@@H](Oc3ccc4c(=O)c(-c5ccc(O)cc5)coc4c3)O[C@@H]([C@](CO)(NC(N)=NCCNC3CCCCC3)OC(=O)[C@H](NCCC=O)C(=O)O)[C@@](O)(CO)[C@]2(O)[C@H](O)CCCO)c1. The van der Waals surface area contributed by atoms with Crippen molar-refractivity contribution in [3.05, 3.63) is 107 Å². The molecule has 0 radical (unpaired) electrons. The van der Waals surface area contributed by atoms with Crippen LogP contribution in [0.25, 0.3) is 44.3 Å². The number of benzene rings is 3. The molecule has 1 saturated heterocycles. The predicted octanol–water partition coefficient (Wildman–Crippen LogP) is 1.61. The number of esters is 1. The Morgan fingerprint density at radius 1 is 1.00 bits per heavy atom. The van der Waals surface area contributed by atoms with Gasteiger partial charge in [-0.3, -0.25) is 15.1 Å². The molecule has 14 N–H and O–H groups in total. The Hall–Kier alpha value is -7.39. The van der Waals surface area contributed by atoms with Crippen LogP contribution in [0.4, 0.5) is 0 Å². The third kappa shape index (κ3) is 12.2. The number of nitrogens with one attached hydrogen (secondary N) is 4. The Balaban J connectivity index is 1.31. The lowest BCUT2D eigenvalue weighted by molar-refractivity contribution is -0.400. The van der Waals surface area contributed by atoms with Gasteiger partial charge in [-0.05, 0) is 87.6 Å². The van der Waals surface area contributed by atoms with E-state index in [0.29, 0.717) is 40.6 Å². The summed E-state index contributed by atoms with van der Waals surface area (Å²) in [6.45, 7) is 0.0343. The summed E-state index contributed by atoms with van der Waals surface area (Å²) in [6, 6.07) is 15.2. The molecule has 0 unspecified atom stereocenters. The highest BCUT2D eigenvalue weighted by molar-refractivity contribution is 5.98. The van der Waals surface area contributed by atoms with Crippen LogP contribution in [-0.4, -0.2) is 168 Å². The Morgan fingerprint density at radius 3 is 2.41 bits per heavy atom. The highest BCUT2D eigenvalue weighted by atomic mass is 16.8. The number of aliphatic imine (C=N–C) groups is 1. The minimum atomic E-state index is -3.43. The first kappa shape index (κ1) is 58.8. The molecule has 0 amide bonds. The van der Waals surface area contributed by atoms with Gasteiger partial charge < -0.3 is 90.5 Å². The molecule has 1 aliphatic heterocycles. The number of ether oxygens (including phenoxy) is 3. The number of carbonyl (C=O) groups is 3. The van der Waals surface area contributed by atoms with Crippen molar-refractivity contribution in [3.63, 3.8) is 0 Å². The standard InChI is InChI=1S/C56H69N7O17/c1-32-24-33(2)26-36(25-32)46-44-35(17-19-60-44)28-63(46)80-48-51(77-39-15-16-40-42(27-39)76-29-41(47(40)70)34-11-13-38(68)14-12-34)78-52(54(74,30-66)56(48,75)43(69)10-6-22-64)55(31-67,79-50(73)45(49(71)72)59-18-7-23-65)62-53(57)61-21-20-58-37-8-4-3-5-9-37/h11-17,19,23-29,37,43,45,48,51-52,58-60,64,66-69,74-75H,3-10,18,20-22,30-31H2,1-2H3,(H,71,72)(H3,57,61,62)/t43-,45-,48-,51+,52-,54+,55-,56+/m1/s1. The van der Waals surface area contributed by atoms with Crippen molar-refractivity contribution in [2.24, 2.45) is 10.7 Å². The quantitative estimate of drug-likeness (QED) is 0.00736. The molecule has 0 bridgehead atoms. The van der Waals surface area contributed by atoms with Crippen molar-refractivity contribution in [2.45, 2.75) is 119 Å². The number of aliphatic carboxylic acids is 1. The summed E-state index contributed by atoms with van der Waals surface area (Å²) in [5, 5.41) is 102. The predicted molar refractivity (Wildman–Crippen MR) is 290 cm³/mol. The number of aromatic amines is 1. The Kier molecular flexibility index (Phi) is 18.6. The van der Waals surface area contributed by atoms with Crippen molar-refractivity contribution >= 4 is 46.1 Å². The van der Waals surface area contributed by atoms with E-state index in [1.54, 1.807) is 12.3 Å². The molecule has 0 spiro atoms. The maximum atomic E-state index is 14.3. The zero-order valence-electron chi connectivity index (χ0n) is 44.2. The van der Waals surface area contributed by atoms with Gasteiger partial charge in [0.2, 0.25) is 24.2 Å².